The Morgan fingerprint density at radius 3 is 2.13 bits per heavy atom. The van der Waals surface area contributed by atoms with Crippen molar-refractivity contribution in [2.24, 2.45) is 0 Å². The molecule has 0 amide bonds. The average Bonchev–Trinajstić information content (AvgIpc) is 2.62. The summed E-state index contributed by atoms with van der Waals surface area (Å²) in [4.78, 5) is 4.28. The molecule has 114 valence electrons. The lowest BCUT2D eigenvalue weighted by Gasteiger charge is -2.16. The van der Waals surface area contributed by atoms with Gasteiger partial charge in [-0.3, -0.25) is 4.98 Å². The molecule has 0 aliphatic rings. The van der Waals surface area contributed by atoms with Crippen LogP contribution in [-0.4, -0.2) is 10.1 Å². The van der Waals surface area contributed by atoms with Gasteiger partial charge in [0, 0.05) is 18.0 Å². The van der Waals surface area contributed by atoms with Crippen molar-refractivity contribution in [3.8, 4) is 5.75 Å². The van der Waals surface area contributed by atoms with Crippen LogP contribution in [0.25, 0.3) is 11.1 Å². The van der Waals surface area contributed by atoms with Crippen molar-refractivity contribution < 1.29 is 5.11 Å². The topological polar surface area (TPSA) is 33.1 Å². The second-order valence-electron chi connectivity index (χ2n) is 5.36. The summed E-state index contributed by atoms with van der Waals surface area (Å²) in [5.41, 5.74) is 5.80. The number of benzene rings is 2. The number of rotatable bonds is 4. The first-order chi connectivity index (χ1) is 11.3. The van der Waals surface area contributed by atoms with Gasteiger partial charge in [-0.25, -0.2) is 0 Å². The third-order valence-corrected chi connectivity index (χ3v) is 3.88. The number of phenolic OH excluding ortho intramolecular Hbond substituents is 1. The molecule has 0 unspecified atom stereocenters. The van der Waals surface area contributed by atoms with Crippen molar-refractivity contribution >= 4 is 11.1 Å². The summed E-state index contributed by atoms with van der Waals surface area (Å²) in [5, 5.41) is 9.59. The lowest BCUT2D eigenvalue weighted by Crippen LogP contribution is -1.95. The zero-order valence-corrected chi connectivity index (χ0v) is 13.1. The molecule has 2 heteroatoms. The van der Waals surface area contributed by atoms with E-state index >= 15 is 0 Å². The Morgan fingerprint density at radius 1 is 0.826 bits per heavy atom. The number of aromatic nitrogens is 1. The molecular formula is C21H19NO. The van der Waals surface area contributed by atoms with E-state index < -0.39 is 0 Å². The Labute approximate surface area is 136 Å². The summed E-state index contributed by atoms with van der Waals surface area (Å²) in [6.07, 6.45) is 4.59. The predicted octanol–water partition coefficient (Wildman–Crippen LogP) is 5.16. The van der Waals surface area contributed by atoms with Gasteiger partial charge in [-0.15, -0.1) is 0 Å². The van der Waals surface area contributed by atoms with Crippen LogP contribution in [0, 0.1) is 0 Å². The van der Waals surface area contributed by atoms with Crippen molar-refractivity contribution in [3.63, 3.8) is 0 Å². The fourth-order valence-electron chi connectivity index (χ4n) is 2.82. The molecule has 1 N–H and O–H groups in total. The predicted molar refractivity (Wildman–Crippen MR) is 95.0 cm³/mol. The van der Waals surface area contributed by atoms with Crippen LogP contribution in [-0.2, 0) is 0 Å². The van der Waals surface area contributed by atoms with Gasteiger partial charge in [-0.1, -0.05) is 55.5 Å². The van der Waals surface area contributed by atoms with Crippen molar-refractivity contribution in [2.45, 2.75) is 13.3 Å². The third-order valence-electron chi connectivity index (χ3n) is 3.88. The fourth-order valence-corrected chi connectivity index (χ4v) is 2.82. The normalized spacial score (nSPS) is 11.9. The Bertz CT molecular complexity index is 790. The molecule has 0 atom stereocenters. The highest BCUT2D eigenvalue weighted by atomic mass is 16.3. The van der Waals surface area contributed by atoms with E-state index in [1.165, 1.54) is 11.1 Å². The van der Waals surface area contributed by atoms with Gasteiger partial charge in [-0.2, -0.15) is 0 Å². The number of phenols is 1. The fraction of sp³-hybridized carbons (Fsp3) is 0.0952. The number of allylic oxidation sites excluding steroid dienone is 1. The van der Waals surface area contributed by atoms with Gasteiger partial charge in [0.05, 0.1) is 0 Å². The molecule has 23 heavy (non-hydrogen) atoms. The molecule has 0 aliphatic carbocycles. The van der Waals surface area contributed by atoms with Crippen molar-refractivity contribution in [3.05, 3.63) is 95.8 Å². The van der Waals surface area contributed by atoms with E-state index in [1.54, 1.807) is 18.3 Å². The molecule has 0 saturated heterocycles. The molecule has 0 bridgehead atoms. The van der Waals surface area contributed by atoms with E-state index in [0.717, 1.165) is 23.1 Å². The molecule has 0 aliphatic heterocycles. The minimum atomic E-state index is 0.275. The van der Waals surface area contributed by atoms with Gasteiger partial charge in [0.25, 0.3) is 0 Å². The molecule has 0 radical (unpaired) electrons. The number of nitrogens with zero attached hydrogens (tertiary/aromatic N) is 1. The molecule has 2 nitrogen and oxygen atoms in total. The molecule has 0 fully saturated rings. The van der Waals surface area contributed by atoms with Gasteiger partial charge in [0.2, 0.25) is 0 Å². The summed E-state index contributed by atoms with van der Waals surface area (Å²) in [7, 11) is 0. The van der Waals surface area contributed by atoms with Crippen LogP contribution in [0.4, 0.5) is 0 Å². The summed E-state index contributed by atoms with van der Waals surface area (Å²) in [6.45, 7) is 2.17. The highest BCUT2D eigenvalue weighted by Crippen LogP contribution is 2.34. The number of hydrogen-bond donors (Lipinski definition) is 1. The molecule has 3 aromatic rings. The monoisotopic (exact) mass is 301 g/mol. The first-order valence-corrected chi connectivity index (χ1v) is 7.78. The molecule has 2 aromatic carbocycles. The van der Waals surface area contributed by atoms with E-state index in [1.807, 2.05) is 30.5 Å². The second kappa shape index (κ2) is 6.93. The summed E-state index contributed by atoms with van der Waals surface area (Å²) in [6, 6.07) is 21.8. The van der Waals surface area contributed by atoms with Crippen LogP contribution >= 0.6 is 0 Å². The lowest BCUT2D eigenvalue weighted by atomic mass is 9.89. The maximum atomic E-state index is 9.59. The first-order valence-electron chi connectivity index (χ1n) is 7.78. The number of aromatic hydroxyl groups is 1. The smallest absolute Gasteiger partial charge is 0.115 e. The van der Waals surface area contributed by atoms with Crippen LogP contribution in [0.1, 0.15) is 30.0 Å². The zero-order valence-electron chi connectivity index (χ0n) is 13.1. The van der Waals surface area contributed by atoms with E-state index in [2.05, 4.69) is 42.2 Å². The number of hydrogen-bond acceptors (Lipinski definition) is 2. The van der Waals surface area contributed by atoms with Crippen molar-refractivity contribution in [1.82, 2.24) is 4.98 Å². The Balaban J connectivity index is 2.26. The van der Waals surface area contributed by atoms with E-state index in [0.29, 0.717) is 0 Å². The molecule has 1 aromatic heterocycles. The minimum Gasteiger partial charge on any atom is -0.508 e. The first kappa shape index (κ1) is 15.0. The van der Waals surface area contributed by atoms with Crippen LogP contribution in [0.15, 0.2) is 79.1 Å². The van der Waals surface area contributed by atoms with Gasteiger partial charge in [0.15, 0.2) is 0 Å². The summed E-state index contributed by atoms with van der Waals surface area (Å²) in [5.74, 6) is 0.275. The highest BCUT2D eigenvalue weighted by Gasteiger charge is 2.12. The van der Waals surface area contributed by atoms with Crippen LogP contribution in [0.5, 0.6) is 5.75 Å². The third kappa shape index (κ3) is 3.32. The summed E-state index contributed by atoms with van der Waals surface area (Å²) >= 11 is 0. The Morgan fingerprint density at radius 2 is 1.52 bits per heavy atom. The van der Waals surface area contributed by atoms with Crippen molar-refractivity contribution in [1.29, 1.82) is 0 Å². The van der Waals surface area contributed by atoms with Crippen LogP contribution in [0.2, 0.25) is 0 Å². The maximum absolute atomic E-state index is 9.59. The zero-order chi connectivity index (χ0) is 16.1. The van der Waals surface area contributed by atoms with E-state index in [-0.39, 0.29) is 5.75 Å². The maximum Gasteiger partial charge on any atom is 0.115 e. The Hall–Kier alpha value is -2.87. The van der Waals surface area contributed by atoms with E-state index in [4.69, 9.17) is 0 Å². The van der Waals surface area contributed by atoms with Crippen LogP contribution < -0.4 is 0 Å². The van der Waals surface area contributed by atoms with Gasteiger partial charge in [0.1, 0.15) is 5.75 Å². The van der Waals surface area contributed by atoms with Gasteiger partial charge in [-0.05, 0) is 46.9 Å². The lowest BCUT2D eigenvalue weighted by molar-refractivity contribution is 0.475. The molecule has 1 heterocycles. The second-order valence-corrected chi connectivity index (χ2v) is 5.36. The quantitative estimate of drug-likeness (QED) is 0.675. The molecule has 3 rings (SSSR count). The number of pyridine rings is 1. The standard InChI is InChI=1S/C21H19NO/c1-2-20(16-7-4-3-5-8-16)21(18-9-6-14-22-15-18)17-10-12-19(23)13-11-17/h3-15,23H,2H2,1H3/b21-20-. The van der Waals surface area contributed by atoms with Gasteiger partial charge < -0.3 is 5.11 Å². The highest BCUT2D eigenvalue weighted by molar-refractivity contribution is 5.98. The Kier molecular flexibility index (Phi) is 4.53. The molecule has 0 saturated carbocycles. The van der Waals surface area contributed by atoms with Crippen LogP contribution in [0.3, 0.4) is 0 Å². The average molecular weight is 301 g/mol. The van der Waals surface area contributed by atoms with Gasteiger partial charge >= 0.3 is 0 Å². The minimum absolute atomic E-state index is 0.275. The molecule has 0 spiro atoms. The summed E-state index contributed by atoms with van der Waals surface area (Å²) < 4.78 is 0. The SMILES string of the molecule is CC/C(=C(\c1ccc(O)cc1)c1cccnc1)c1ccccc1. The van der Waals surface area contributed by atoms with E-state index in [9.17, 15) is 5.11 Å². The largest absolute Gasteiger partial charge is 0.508 e. The molecular weight excluding hydrogens is 282 g/mol. The van der Waals surface area contributed by atoms with Crippen molar-refractivity contribution in [2.75, 3.05) is 0 Å².